The number of ether oxygens (including phenoxy) is 2. The second-order valence-electron chi connectivity index (χ2n) is 5.90. The van der Waals surface area contributed by atoms with Crippen LogP contribution in [0.15, 0.2) is 60.8 Å². The van der Waals surface area contributed by atoms with Crippen molar-refractivity contribution in [3.8, 4) is 11.5 Å². The van der Waals surface area contributed by atoms with E-state index < -0.39 is 0 Å². The van der Waals surface area contributed by atoms with Crippen molar-refractivity contribution >= 4 is 28.9 Å². The van der Waals surface area contributed by atoms with E-state index in [9.17, 15) is 4.79 Å². The number of nitrogens with one attached hydrogen (secondary N) is 2. The Balaban J connectivity index is 1.42. The number of anilines is 2. The van der Waals surface area contributed by atoms with Gasteiger partial charge < -0.3 is 20.1 Å². The molecule has 1 aliphatic heterocycles. The number of benzene rings is 2. The second-order valence-corrected chi connectivity index (χ2v) is 6.31. The van der Waals surface area contributed by atoms with Crippen LogP contribution in [0.5, 0.6) is 11.5 Å². The molecule has 2 N–H and O–H groups in total. The van der Waals surface area contributed by atoms with Gasteiger partial charge in [-0.25, -0.2) is 0 Å². The number of halogens is 1. The molecule has 0 atom stereocenters. The molecule has 136 valence electrons. The van der Waals surface area contributed by atoms with Crippen molar-refractivity contribution in [1.29, 1.82) is 0 Å². The van der Waals surface area contributed by atoms with Gasteiger partial charge in [0.25, 0.3) is 5.91 Å². The minimum absolute atomic E-state index is 0.223. The molecule has 6 nitrogen and oxygen atoms in total. The summed E-state index contributed by atoms with van der Waals surface area (Å²) in [5, 5.41) is 6.64. The molecule has 0 fully saturated rings. The Morgan fingerprint density at radius 1 is 1.07 bits per heavy atom. The molecular formula is C20H16ClN3O3. The first-order valence-electron chi connectivity index (χ1n) is 8.33. The molecule has 2 aromatic carbocycles. The zero-order valence-electron chi connectivity index (χ0n) is 14.2. The summed E-state index contributed by atoms with van der Waals surface area (Å²) in [6.07, 6.45) is 1.58. The largest absolute Gasteiger partial charge is 0.454 e. The number of nitrogens with zero attached hydrogens (tertiary/aromatic N) is 1. The number of carbonyl (C=O) groups is 1. The molecule has 1 amide bonds. The Morgan fingerprint density at radius 2 is 1.93 bits per heavy atom. The molecule has 4 rings (SSSR count). The van der Waals surface area contributed by atoms with Crippen molar-refractivity contribution in [2.75, 3.05) is 12.1 Å². The maximum absolute atomic E-state index is 12.4. The Kier molecular flexibility index (Phi) is 4.80. The van der Waals surface area contributed by atoms with Gasteiger partial charge in [-0.3, -0.25) is 9.78 Å². The van der Waals surface area contributed by atoms with Crippen LogP contribution in [0, 0.1) is 0 Å². The monoisotopic (exact) mass is 381 g/mol. The molecule has 1 aliphatic rings. The van der Waals surface area contributed by atoms with Gasteiger partial charge in [0.2, 0.25) is 6.79 Å². The molecular weight excluding hydrogens is 366 g/mol. The lowest BCUT2D eigenvalue weighted by atomic mass is 10.2. The van der Waals surface area contributed by atoms with Crippen LogP contribution in [-0.2, 0) is 6.54 Å². The van der Waals surface area contributed by atoms with E-state index in [1.807, 2.05) is 36.4 Å². The first-order valence-corrected chi connectivity index (χ1v) is 8.71. The number of carbonyl (C=O) groups excluding carboxylic acids is 1. The van der Waals surface area contributed by atoms with Crippen LogP contribution >= 0.6 is 11.6 Å². The van der Waals surface area contributed by atoms with Gasteiger partial charge in [-0.1, -0.05) is 29.8 Å². The van der Waals surface area contributed by atoms with Gasteiger partial charge in [-0.2, -0.15) is 0 Å². The van der Waals surface area contributed by atoms with Crippen LogP contribution in [0.1, 0.15) is 16.1 Å². The molecule has 0 bridgehead atoms. The van der Waals surface area contributed by atoms with Gasteiger partial charge in [0, 0.05) is 18.4 Å². The van der Waals surface area contributed by atoms with Crippen molar-refractivity contribution in [3.63, 3.8) is 0 Å². The number of fused-ring (bicyclic) bond motifs is 1. The molecule has 0 saturated heterocycles. The van der Waals surface area contributed by atoms with Gasteiger partial charge in [0.05, 0.1) is 10.7 Å². The Labute approximate surface area is 161 Å². The van der Waals surface area contributed by atoms with Crippen LogP contribution in [0.3, 0.4) is 0 Å². The van der Waals surface area contributed by atoms with Crippen molar-refractivity contribution in [3.05, 3.63) is 77.1 Å². The van der Waals surface area contributed by atoms with E-state index in [0.29, 0.717) is 28.8 Å². The maximum Gasteiger partial charge on any atom is 0.270 e. The fraction of sp³-hybridized carbons (Fsp3) is 0.100. The van der Waals surface area contributed by atoms with Crippen molar-refractivity contribution in [2.24, 2.45) is 0 Å². The Morgan fingerprint density at radius 3 is 2.81 bits per heavy atom. The van der Waals surface area contributed by atoms with Crippen LogP contribution < -0.4 is 20.1 Å². The summed E-state index contributed by atoms with van der Waals surface area (Å²) in [4.78, 5) is 16.6. The third-order valence-electron chi connectivity index (χ3n) is 4.04. The molecule has 1 aromatic heterocycles. The Hall–Kier alpha value is -3.25. The standard InChI is InChI=1S/C20H16ClN3O3/c21-15-3-1-2-4-16(15)24-14-7-8-22-17(10-14)20(25)23-11-13-5-6-18-19(9-13)27-12-26-18/h1-10H,11-12H2,(H,22,24)(H,23,25). The van der Waals surface area contributed by atoms with Crippen LogP contribution in [-0.4, -0.2) is 17.7 Å². The predicted octanol–water partition coefficient (Wildman–Crippen LogP) is 4.14. The Bertz CT molecular complexity index is 994. The normalized spacial score (nSPS) is 11.9. The lowest BCUT2D eigenvalue weighted by Gasteiger charge is -2.10. The maximum atomic E-state index is 12.4. The molecule has 27 heavy (non-hydrogen) atoms. The summed E-state index contributed by atoms with van der Waals surface area (Å²) in [6, 6.07) is 16.4. The SMILES string of the molecule is O=C(NCc1ccc2c(c1)OCO2)c1cc(Nc2ccccc2Cl)ccn1. The lowest BCUT2D eigenvalue weighted by molar-refractivity contribution is 0.0946. The minimum atomic E-state index is -0.268. The molecule has 0 spiro atoms. The molecule has 7 heteroatoms. The quantitative estimate of drug-likeness (QED) is 0.695. The van der Waals surface area contributed by atoms with Gasteiger partial charge >= 0.3 is 0 Å². The average Bonchev–Trinajstić information content (AvgIpc) is 3.16. The summed E-state index contributed by atoms with van der Waals surface area (Å²) < 4.78 is 10.6. The van der Waals surface area contributed by atoms with Crippen molar-refractivity contribution < 1.29 is 14.3 Å². The highest BCUT2D eigenvalue weighted by Gasteiger charge is 2.14. The van der Waals surface area contributed by atoms with Gasteiger partial charge in [-0.05, 0) is 42.0 Å². The van der Waals surface area contributed by atoms with E-state index in [1.54, 1.807) is 24.4 Å². The van der Waals surface area contributed by atoms with Crippen molar-refractivity contribution in [2.45, 2.75) is 6.54 Å². The van der Waals surface area contributed by atoms with E-state index >= 15 is 0 Å². The summed E-state index contributed by atoms with van der Waals surface area (Å²) in [5.41, 5.74) is 2.72. The average molecular weight is 382 g/mol. The highest BCUT2D eigenvalue weighted by Crippen LogP contribution is 2.32. The van der Waals surface area contributed by atoms with Crippen molar-refractivity contribution in [1.82, 2.24) is 10.3 Å². The molecule has 0 aliphatic carbocycles. The smallest absolute Gasteiger partial charge is 0.270 e. The highest BCUT2D eigenvalue weighted by atomic mass is 35.5. The van der Waals surface area contributed by atoms with Gasteiger partial charge in [-0.15, -0.1) is 0 Å². The second kappa shape index (κ2) is 7.55. The summed E-state index contributed by atoms with van der Waals surface area (Å²) >= 11 is 6.16. The number of amides is 1. The van der Waals surface area contributed by atoms with Crippen LogP contribution in [0.4, 0.5) is 11.4 Å². The number of aromatic nitrogens is 1. The first kappa shape index (κ1) is 17.2. The van der Waals surface area contributed by atoms with E-state index in [2.05, 4.69) is 15.6 Å². The fourth-order valence-electron chi connectivity index (χ4n) is 2.67. The number of para-hydroxylation sites is 1. The third kappa shape index (κ3) is 3.96. The van der Waals surface area contributed by atoms with Crippen LogP contribution in [0.25, 0.3) is 0 Å². The summed E-state index contributed by atoms with van der Waals surface area (Å²) in [7, 11) is 0. The third-order valence-corrected chi connectivity index (χ3v) is 4.37. The number of hydrogen-bond acceptors (Lipinski definition) is 5. The zero-order chi connectivity index (χ0) is 18.6. The van der Waals surface area contributed by atoms with Gasteiger partial charge in [0.15, 0.2) is 11.5 Å². The lowest BCUT2D eigenvalue weighted by Crippen LogP contribution is -2.23. The predicted molar refractivity (Wildman–Crippen MR) is 103 cm³/mol. The summed E-state index contributed by atoms with van der Waals surface area (Å²) in [6.45, 7) is 0.583. The van der Waals surface area contributed by atoms with Gasteiger partial charge in [0.1, 0.15) is 5.69 Å². The molecule has 3 aromatic rings. The molecule has 2 heterocycles. The minimum Gasteiger partial charge on any atom is -0.454 e. The fourth-order valence-corrected chi connectivity index (χ4v) is 2.86. The molecule has 0 radical (unpaired) electrons. The summed E-state index contributed by atoms with van der Waals surface area (Å²) in [5.74, 6) is 1.13. The topological polar surface area (TPSA) is 72.5 Å². The number of rotatable bonds is 5. The van der Waals surface area contributed by atoms with E-state index in [1.165, 1.54) is 0 Å². The first-order chi connectivity index (χ1) is 13.2. The zero-order valence-corrected chi connectivity index (χ0v) is 15.0. The molecule has 0 saturated carbocycles. The number of hydrogen-bond donors (Lipinski definition) is 2. The van der Waals surface area contributed by atoms with E-state index in [-0.39, 0.29) is 12.7 Å². The van der Waals surface area contributed by atoms with E-state index in [4.69, 9.17) is 21.1 Å². The van der Waals surface area contributed by atoms with E-state index in [0.717, 1.165) is 16.9 Å². The number of pyridine rings is 1. The van der Waals surface area contributed by atoms with Crippen LogP contribution in [0.2, 0.25) is 5.02 Å². The molecule has 0 unspecified atom stereocenters. The highest BCUT2D eigenvalue weighted by molar-refractivity contribution is 6.33.